The maximum absolute atomic E-state index is 10.0. The molecule has 1 aliphatic rings. The number of aliphatic hydroxyl groups excluding tert-OH is 1. The van der Waals surface area contributed by atoms with E-state index in [1.165, 1.54) is 19.4 Å². The molecule has 0 unspecified atom stereocenters. The normalized spacial score (nSPS) is 22.2. The van der Waals surface area contributed by atoms with Gasteiger partial charge in [0.05, 0.1) is 6.10 Å². The fourth-order valence-corrected chi connectivity index (χ4v) is 2.72. The van der Waals surface area contributed by atoms with E-state index in [1.807, 2.05) is 30.3 Å². The second-order valence-corrected chi connectivity index (χ2v) is 5.01. The molecular formula is C15H24N2O. The number of hydrogen-bond donors (Lipinski definition) is 2. The Morgan fingerprint density at radius 2 is 2.17 bits per heavy atom. The van der Waals surface area contributed by atoms with Gasteiger partial charge in [0.2, 0.25) is 0 Å². The van der Waals surface area contributed by atoms with Crippen molar-refractivity contribution < 1.29 is 5.11 Å². The summed E-state index contributed by atoms with van der Waals surface area (Å²) in [5.74, 6) is 0. The molecule has 2 atom stereocenters. The van der Waals surface area contributed by atoms with Crippen molar-refractivity contribution in [1.29, 1.82) is 0 Å². The number of likely N-dealkylation sites (N-methyl/N-ethyl adjacent to an activating group) is 1. The number of likely N-dealkylation sites (tertiary alicyclic amines) is 1. The van der Waals surface area contributed by atoms with E-state index in [0.717, 1.165) is 18.7 Å². The van der Waals surface area contributed by atoms with Crippen molar-refractivity contribution in [3.63, 3.8) is 0 Å². The summed E-state index contributed by atoms with van der Waals surface area (Å²) in [5.41, 5.74) is 0.990. The third-order valence-corrected chi connectivity index (χ3v) is 3.81. The lowest BCUT2D eigenvalue weighted by atomic mass is 10.1. The predicted octanol–water partition coefficient (Wildman–Crippen LogP) is 1.79. The summed E-state index contributed by atoms with van der Waals surface area (Å²) in [5, 5.41) is 13.4. The first-order valence-corrected chi connectivity index (χ1v) is 6.99. The van der Waals surface area contributed by atoms with Crippen molar-refractivity contribution in [2.45, 2.75) is 31.9 Å². The smallest absolute Gasteiger partial charge is 0.0914 e. The highest BCUT2D eigenvalue weighted by Gasteiger charge is 2.22. The van der Waals surface area contributed by atoms with Gasteiger partial charge >= 0.3 is 0 Å². The van der Waals surface area contributed by atoms with E-state index in [-0.39, 0.29) is 0 Å². The molecule has 18 heavy (non-hydrogen) atoms. The van der Waals surface area contributed by atoms with Crippen LogP contribution >= 0.6 is 0 Å². The van der Waals surface area contributed by atoms with Gasteiger partial charge in [0, 0.05) is 19.1 Å². The van der Waals surface area contributed by atoms with Crippen LogP contribution in [-0.2, 0) is 0 Å². The van der Waals surface area contributed by atoms with Crippen molar-refractivity contribution in [2.24, 2.45) is 0 Å². The molecule has 0 aromatic heterocycles. The highest BCUT2D eigenvalue weighted by Crippen LogP contribution is 2.16. The Labute approximate surface area is 110 Å². The third-order valence-electron chi connectivity index (χ3n) is 3.81. The Hall–Kier alpha value is -0.900. The molecule has 0 amide bonds. The zero-order valence-corrected chi connectivity index (χ0v) is 11.2. The molecule has 1 aromatic rings. The van der Waals surface area contributed by atoms with Gasteiger partial charge in [0.15, 0.2) is 0 Å². The first kappa shape index (κ1) is 13.5. The highest BCUT2D eigenvalue weighted by atomic mass is 16.3. The van der Waals surface area contributed by atoms with Crippen LogP contribution in [0.25, 0.3) is 0 Å². The molecule has 1 aromatic carbocycles. The van der Waals surface area contributed by atoms with Crippen LogP contribution in [0, 0.1) is 0 Å². The van der Waals surface area contributed by atoms with Crippen LogP contribution in [0.4, 0.5) is 0 Å². The van der Waals surface area contributed by atoms with E-state index >= 15 is 0 Å². The Bertz CT molecular complexity index is 342. The van der Waals surface area contributed by atoms with Crippen molar-refractivity contribution in [3.05, 3.63) is 35.9 Å². The van der Waals surface area contributed by atoms with Gasteiger partial charge in [-0.1, -0.05) is 37.3 Å². The molecule has 0 bridgehead atoms. The molecule has 0 aliphatic carbocycles. The average Bonchev–Trinajstić information content (AvgIpc) is 2.87. The molecule has 1 fully saturated rings. The molecule has 3 nitrogen and oxygen atoms in total. The molecule has 100 valence electrons. The fourth-order valence-electron chi connectivity index (χ4n) is 2.72. The number of hydrogen-bond acceptors (Lipinski definition) is 3. The summed E-state index contributed by atoms with van der Waals surface area (Å²) in [4.78, 5) is 2.52. The second-order valence-electron chi connectivity index (χ2n) is 5.01. The second kappa shape index (κ2) is 6.88. The molecule has 2 rings (SSSR count). The van der Waals surface area contributed by atoms with Gasteiger partial charge in [-0.2, -0.15) is 0 Å². The van der Waals surface area contributed by atoms with E-state index in [0.29, 0.717) is 12.6 Å². The highest BCUT2D eigenvalue weighted by molar-refractivity contribution is 5.17. The van der Waals surface area contributed by atoms with E-state index in [2.05, 4.69) is 17.1 Å². The third kappa shape index (κ3) is 3.55. The molecule has 0 spiro atoms. The van der Waals surface area contributed by atoms with Gasteiger partial charge in [-0.05, 0) is 31.5 Å². The number of aliphatic hydroxyl groups is 1. The Morgan fingerprint density at radius 1 is 1.39 bits per heavy atom. The maximum Gasteiger partial charge on any atom is 0.0914 e. The van der Waals surface area contributed by atoms with E-state index in [9.17, 15) is 5.11 Å². The van der Waals surface area contributed by atoms with Crippen molar-refractivity contribution in [2.75, 3.05) is 26.2 Å². The van der Waals surface area contributed by atoms with Crippen molar-refractivity contribution in [1.82, 2.24) is 10.2 Å². The fraction of sp³-hybridized carbons (Fsp3) is 0.600. The molecule has 1 saturated heterocycles. The summed E-state index contributed by atoms with van der Waals surface area (Å²) in [7, 11) is 0. The standard InChI is InChI=1S/C15H24N2O/c1-2-17-10-6-9-14(17)11-16-12-15(18)13-7-4-3-5-8-13/h3-5,7-8,14-16,18H,2,6,9-12H2,1H3/t14-,15+/m1/s1. The van der Waals surface area contributed by atoms with Crippen LogP contribution in [0.5, 0.6) is 0 Å². The van der Waals surface area contributed by atoms with E-state index in [1.54, 1.807) is 0 Å². The van der Waals surface area contributed by atoms with E-state index < -0.39 is 6.10 Å². The molecule has 1 heterocycles. The summed E-state index contributed by atoms with van der Waals surface area (Å²) < 4.78 is 0. The topological polar surface area (TPSA) is 35.5 Å². The molecule has 1 aliphatic heterocycles. The van der Waals surface area contributed by atoms with Gasteiger partial charge in [0.25, 0.3) is 0 Å². The lowest BCUT2D eigenvalue weighted by Gasteiger charge is -2.23. The van der Waals surface area contributed by atoms with Crippen molar-refractivity contribution >= 4 is 0 Å². The zero-order chi connectivity index (χ0) is 12.8. The van der Waals surface area contributed by atoms with Gasteiger partial charge in [0.1, 0.15) is 0 Å². The SMILES string of the molecule is CCN1CCC[C@@H]1CNC[C@H](O)c1ccccc1. The number of nitrogens with one attached hydrogen (secondary N) is 1. The Kier molecular flexibility index (Phi) is 5.17. The van der Waals surface area contributed by atoms with Gasteiger partial charge in [-0.25, -0.2) is 0 Å². The number of rotatable bonds is 6. The first-order chi connectivity index (χ1) is 8.81. The maximum atomic E-state index is 10.0. The minimum atomic E-state index is -0.400. The zero-order valence-electron chi connectivity index (χ0n) is 11.2. The molecule has 0 radical (unpaired) electrons. The Balaban J connectivity index is 1.72. The molecule has 3 heteroatoms. The summed E-state index contributed by atoms with van der Waals surface area (Å²) >= 11 is 0. The monoisotopic (exact) mass is 248 g/mol. The minimum absolute atomic E-state index is 0.400. The first-order valence-electron chi connectivity index (χ1n) is 6.99. The molecular weight excluding hydrogens is 224 g/mol. The number of nitrogens with zero attached hydrogens (tertiary/aromatic N) is 1. The molecule has 0 saturated carbocycles. The largest absolute Gasteiger partial charge is 0.387 e. The lowest BCUT2D eigenvalue weighted by Crippen LogP contribution is -2.39. The van der Waals surface area contributed by atoms with Crippen LogP contribution in [-0.4, -0.2) is 42.2 Å². The van der Waals surface area contributed by atoms with Crippen LogP contribution in [0.1, 0.15) is 31.4 Å². The van der Waals surface area contributed by atoms with Gasteiger partial charge < -0.3 is 10.4 Å². The van der Waals surface area contributed by atoms with Gasteiger partial charge in [-0.3, -0.25) is 4.90 Å². The average molecular weight is 248 g/mol. The molecule has 2 N–H and O–H groups in total. The number of benzene rings is 1. The summed E-state index contributed by atoms with van der Waals surface area (Å²) in [6.07, 6.45) is 2.19. The van der Waals surface area contributed by atoms with E-state index in [4.69, 9.17) is 0 Å². The quantitative estimate of drug-likeness (QED) is 0.806. The van der Waals surface area contributed by atoms with Crippen LogP contribution in [0.2, 0.25) is 0 Å². The van der Waals surface area contributed by atoms with Crippen LogP contribution in [0.15, 0.2) is 30.3 Å². The minimum Gasteiger partial charge on any atom is -0.387 e. The van der Waals surface area contributed by atoms with Crippen molar-refractivity contribution in [3.8, 4) is 0 Å². The Morgan fingerprint density at radius 3 is 2.89 bits per heavy atom. The van der Waals surface area contributed by atoms with Gasteiger partial charge in [-0.15, -0.1) is 0 Å². The lowest BCUT2D eigenvalue weighted by molar-refractivity contribution is 0.168. The summed E-state index contributed by atoms with van der Waals surface area (Å²) in [6, 6.07) is 10.5. The van der Waals surface area contributed by atoms with Crippen LogP contribution in [0.3, 0.4) is 0 Å². The summed E-state index contributed by atoms with van der Waals surface area (Å²) in [6.45, 7) is 6.20. The predicted molar refractivity (Wildman–Crippen MR) is 74.5 cm³/mol. The van der Waals surface area contributed by atoms with Crippen LogP contribution < -0.4 is 5.32 Å².